The number of carbonyl (C=O) groups excluding carboxylic acids is 1. The van der Waals surface area contributed by atoms with Gasteiger partial charge in [0.25, 0.3) is 0 Å². The Bertz CT molecular complexity index is 570. The molecule has 5 nitrogen and oxygen atoms in total. The van der Waals surface area contributed by atoms with E-state index in [9.17, 15) is 18.0 Å². The molecule has 0 bridgehead atoms. The smallest absolute Gasteiger partial charge is 0.416 e. The second-order valence-electron chi connectivity index (χ2n) is 5.78. The van der Waals surface area contributed by atoms with Crippen molar-refractivity contribution in [3.05, 3.63) is 29.3 Å². The summed E-state index contributed by atoms with van der Waals surface area (Å²) in [6, 6.07) is 3.21. The highest BCUT2D eigenvalue weighted by atomic mass is 19.4. The Labute approximate surface area is 138 Å². The second-order valence-corrected chi connectivity index (χ2v) is 5.78. The van der Waals surface area contributed by atoms with Crippen molar-refractivity contribution >= 4 is 5.91 Å². The molecule has 0 spiro atoms. The average Bonchev–Trinajstić information content (AvgIpc) is 2.52. The van der Waals surface area contributed by atoms with Gasteiger partial charge >= 0.3 is 6.18 Å². The highest BCUT2D eigenvalue weighted by Gasteiger charge is 2.34. The van der Waals surface area contributed by atoms with Crippen molar-refractivity contribution in [3.63, 3.8) is 0 Å². The predicted octanol–water partition coefficient (Wildman–Crippen LogP) is 2.10. The fraction of sp³-hybridized carbons (Fsp3) is 0.562. The van der Waals surface area contributed by atoms with Crippen LogP contribution >= 0.6 is 0 Å². The van der Waals surface area contributed by atoms with Crippen LogP contribution in [0.2, 0.25) is 0 Å². The van der Waals surface area contributed by atoms with Gasteiger partial charge in [-0.15, -0.1) is 0 Å². The van der Waals surface area contributed by atoms with Crippen molar-refractivity contribution in [3.8, 4) is 5.75 Å². The SMILES string of the molecule is CC(C)Oc1ccc(CNC(=O)[C@@H]2COCCN2)c(C(F)(F)F)c1. The van der Waals surface area contributed by atoms with E-state index in [0.717, 1.165) is 6.07 Å². The van der Waals surface area contributed by atoms with Crippen LogP contribution in [-0.2, 0) is 22.3 Å². The minimum absolute atomic E-state index is 0.0105. The summed E-state index contributed by atoms with van der Waals surface area (Å²) in [5.74, 6) is -0.236. The summed E-state index contributed by atoms with van der Waals surface area (Å²) in [6.45, 7) is 4.51. The van der Waals surface area contributed by atoms with Crippen molar-refractivity contribution in [2.24, 2.45) is 0 Å². The van der Waals surface area contributed by atoms with Crippen LogP contribution in [0.5, 0.6) is 5.75 Å². The molecule has 1 aromatic rings. The van der Waals surface area contributed by atoms with E-state index in [4.69, 9.17) is 9.47 Å². The van der Waals surface area contributed by atoms with Gasteiger partial charge in [-0.05, 0) is 31.5 Å². The molecule has 1 heterocycles. The first-order valence-corrected chi connectivity index (χ1v) is 7.73. The van der Waals surface area contributed by atoms with E-state index in [1.165, 1.54) is 12.1 Å². The number of carbonyl (C=O) groups is 1. The molecular formula is C16H21F3N2O3. The lowest BCUT2D eigenvalue weighted by Crippen LogP contribution is -2.51. The molecule has 1 aliphatic heterocycles. The van der Waals surface area contributed by atoms with Gasteiger partial charge in [-0.1, -0.05) is 6.07 Å². The van der Waals surface area contributed by atoms with E-state index in [2.05, 4.69) is 10.6 Å². The summed E-state index contributed by atoms with van der Waals surface area (Å²) in [5.41, 5.74) is -0.822. The van der Waals surface area contributed by atoms with Gasteiger partial charge < -0.3 is 20.1 Å². The van der Waals surface area contributed by atoms with Gasteiger partial charge in [0.15, 0.2) is 0 Å². The maximum atomic E-state index is 13.2. The summed E-state index contributed by atoms with van der Waals surface area (Å²) < 4.78 is 50.2. The number of nitrogens with one attached hydrogen (secondary N) is 2. The van der Waals surface area contributed by atoms with Crippen LogP contribution in [0, 0.1) is 0 Å². The fourth-order valence-electron chi connectivity index (χ4n) is 2.36. The zero-order valence-corrected chi connectivity index (χ0v) is 13.6. The molecule has 2 N–H and O–H groups in total. The topological polar surface area (TPSA) is 59.6 Å². The van der Waals surface area contributed by atoms with Crippen molar-refractivity contribution in [1.29, 1.82) is 0 Å². The third-order valence-electron chi connectivity index (χ3n) is 3.45. The number of ether oxygens (including phenoxy) is 2. The molecule has 0 radical (unpaired) electrons. The van der Waals surface area contributed by atoms with Gasteiger partial charge in [0.1, 0.15) is 11.8 Å². The van der Waals surface area contributed by atoms with Crippen LogP contribution in [0.25, 0.3) is 0 Å². The zero-order valence-electron chi connectivity index (χ0n) is 13.6. The summed E-state index contributed by atoms with van der Waals surface area (Å²) in [7, 11) is 0. The first-order chi connectivity index (χ1) is 11.3. The van der Waals surface area contributed by atoms with Crippen molar-refractivity contribution < 1.29 is 27.4 Å². The van der Waals surface area contributed by atoms with Crippen LogP contribution in [0.3, 0.4) is 0 Å². The minimum atomic E-state index is -4.53. The molecule has 0 unspecified atom stereocenters. The standard InChI is InChI=1S/C16H21F3N2O3/c1-10(2)24-12-4-3-11(13(7-12)16(17,18)19)8-21-15(22)14-9-23-6-5-20-14/h3-4,7,10,14,20H,5-6,8-9H2,1-2H3,(H,21,22)/t14-/m0/s1. The van der Waals surface area contributed by atoms with Crippen LogP contribution in [0.15, 0.2) is 18.2 Å². The molecule has 1 atom stereocenters. The van der Waals surface area contributed by atoms with Crippen molar-refractivity contribution in [2.75, 3.05) is 19.8 Å². The number of hydrogen-bond acceptors (Lipinski definition) is 4. The molecule has 1 fully saturated rings. The zero-order chi connectivity index (χ0) is 17.7. The molecule has 24 heavy (non-hydrogen) atoms. The number of amides is 1. The van der Waals surface area contributed by atoms with E-state index in [1.54, 1.807) is 13.8 Å². The second kappa shape index (κ2) is 7.85. The number of rotatable bonds is 5. The number of hydrogen-bond donors (Lipinski definition) is 2. The number of morpholine rings is 1. The van der Waals surface area contributed by atoms with Crippen LogP contribution < -0.4 is 15.4 Å². The Morgan fingerprint density at radius 2 is 2.21 bits per heavy atom. The largest absolute Gasteiger partial charge is 0.491 e. The summed E-state index contributed by atoms with van der Waals surface area (Å²) >= 11 is 0. The van der Waals surface area contributed by atoms with Crippen molar-refractivity contribution in [2.45, 2.75) is 38.7 Å². The first-order valence-electron chi connectivity index (χ1n) is 7.73. The molecule has 2 rings (SSSR count). The van der Waals surface area contributed by atoms with Gasteiger partial charge in [0.2, 0.25) is 5.91 Å². The van der Waals surface area contributed by atoms with E-state index in [1.807, 2.05) is 0 Å². The molecule has 1 amide bonds. The van der Waals surface area contributed by atoms with Crippen LogP contribution in [-0.4, -0.2) is 37.8 Å². The monoisotopic (exact) mass is 346 g/mol. The first kappa shape index (κ1) is 18.5. The van der Waals surface area contributed by atoms with E-state index < -0.39 is 17.8 Å². The summed E-state index contributed by atoms with van der Waals surface area (Å²) in [5, 5.41) is 5.47. The molecule has 134 valence electrons. The minimum Gasteiger partial charge on any atom is -0.491 e. The molecule has 0 saturated carbocycles. The summed E-state index contributed by atoms with van der Waals surface area (Å²) in [6.07, 6.45) is -4.75. The van der Waals surface area contributed by atoms with E-state index >= 15 is 0 Å². The number of benzene rings is 1. The maximum Gasteiger partial charge on any atom is 0.416 e. The Hall–Kier alpha value is -1.80. The van der Waals surface area contributed by atoms with Gasteiger partial charge in [-0.3, -0.25) is 4.79 Å². The normalized spacial score (nSPS) is 18.5. The van der Waals surface area contributed by atoms with E-state index in [-0.39, 0.29) is 36.5 Å². The molecule has 0 aromatic heterocycles. The van der Waals surface area contributed by atoms with Crippen molar-refractivity contribution in [1.82, 2.24) is 10.6 Å². The van der Waals surface area contributed by atoms with Gasteiger partial charge in [0, 0.05) is 13.1 Å². The maximum absolute atomic E-state index is 13.2. The molecular weight excluding hydrogens is 325 g/mol. The third-order valence-corrected chi connectivity index (χ3v) is 3.45. The average molecular weight is 346 g/mol. The Morgan fingerprint density at radius 3 is 2.79 bits per heavy atom. The number of alkyl halides is 3. The van der Waals surface area contributed by atoms with Crippen LogP contribution in [0.4, 0.5) is 13.2 Å². The molecule has 0 aliphatic carbocycles. The molecule has 1 aliphatic rings. The Balaban J connectivity index is 2.09. The van der Waals surface area contributed by atoms with E-state index in [0.29, 0.717) is 13.2 Å². The Morgan fingerprint density at radius 1 is 1.46 bits per heavy atom. The third kappa shape index (κ3) is 5.10. The lowest BCUT2D eigenvalue weighted by molar-refractivity contribution is -0.138. The van der Waals surface area contributed by atoms with Gasteiger partial charge in [0.05, 0.1) is 24.9 Å². The molecule has 1 saturated heterocycles. The lowest BCUT2D eigenvalue weighted by atomic mass is 10.1. The highest BCUT2D eigenvalue weighted by molar-refractivity contribution is 5.82. The quantitative estimate of drug-likeness (QED) is 0.857. The lowest BCUT2D eigenvalue weighted by Gasteiger charge is -2.23. The summed E-state index contributed by atoms with van der Waals surface area (Å²) in [4.78, 5) is 12.0. The fourth-order valence-corrected chi connectivity index (χ4v) is 2.36. The van der Waals surface area contributed by atoms with Gasteiger partial charge in [-0.2, -0.15) is 13.2 Å². The molecule has 1 aromatic carbocycles. The van der Waals surface area contributed by atoms with Crippen LogP contribution in [0.1, 0.15) is 25.0 Å². The Kier molecular flexibility index (Phi) is 6.06. The van der Waals surface area contributed by atoms with Gasteiger partial charge in [-0.25, -0.2) is 0 Å². The number of halogens is 3. The molecule has 8 heteroatoms. The highest BCUT2D eigenvalue weighted by Crippen LogP contribution is 2.34. The predicted molar refractivity (Wildman–Crippen MR) is 81.7 cm³/mol.